The van der Waals surface area contributed by atoms with Crippen LogP contribution in [0.15, 0.2) is 36.5 Å². The molecule has 1 saturated carbocycles. The molecule has 13 nitrogen and oxygen atoms in total. The Morgan fingerprint density at radius 2 is 0.922 bits per heavy atom. The minimum Gasteiger partial charge on any atom is -0.393 e. The molecule has 0 heterocycles. The predicted molar refractivity (Wildman–Crippen MR) is 257 cm³/mol. The lowest BCUT2D eigenvalue weighted by Gasteiger charge is -2.41. The molecular weight excluding hydrogens is 838 g/mol. The lowest BCUT2D eigenvalue weighted by molar-refractivity contribution is -0.220. The molecule has 0 aliphatic heterocycles. The first-order chi connectivity index (χ1) is 30.8. The smallest absolute Gasteiger partial charge is 0.393 e. The second kappa shape index (κ2) is 39.5. The van der Waals surface area contributed by atoms with Crippen molar-refractivity contribution in [3.8, 4) is 0 Å². The lowest BCUT2D eigenvalue weighted by atomic mass is 9.85. The van der Waals surface area contributed by atoms with Crippen LogP contribution in [-0.2, 0) is 18.4 Å². The van der Waals surface area contributed by atoms with Crippen LogP contribution in [-0.4, -0.2) is 108 Å². The number of phosphoric acid groups is 1. The maximum atomic E-state index is 13.0. The zero-order chi connectivity index (χ0) is 47.3. The van der Waals surface area contributed by atoms with E-state index in [1.54, 1.807) is 6.08 Å². The fraction of sp³-hybridized carbons (Fsp3) is 0.860. The molecule has 14 heteroatoms. The molecule has 64 heavy (non-hydrogen) atoms. The van der Waals surface area contributed by atoms with E-state index in [0.717, 1.165) is 44.9 Å². The van der Waals surface area contributed by atoms with E-state index in [4.69, 9.17) is 9.05 Å². The summed E-state index contributed by atoms with van der Waals surface area (Å²) >= 11 is 0. The fourth-order valence-corrected chi connectivity index (χ4v) is 9.00. The van der Waals surface area contributed by atoms with E-state index in [2.05, 4.69) is 43.5 Å². The van der Waals surface area contributed by atoms with Crippen LogP contribution in [0.25, 0.3) is 0 Å². The number of aliphatic hydroxyl groups is 7. The standard InChI is InChI=1S/C50H94NO12P/c1-3-5-7-9-11-13-15-17-19-21-22-23-25-27-29-31-33-35-37-41(52)39-44(54)51-42(40-62-64(60,61)63-50-48(58)46(56)45(55)47(57)49(50)59)43(53)38-36-34-32-30-28-26-24-20-18-16-14-12-10-8-6-4-2/h18,20,28,30,36,38,41-43,45-50,52-53,55-59H,3-17,19,21-27,29,31-35,37,39-40H2,1-2H3,(H,51,54)(H,60,61)/b20-18+,30-28+,38-36+. The third-order valence-electron chi connectivity index (χ3n) is 12.2. The molecule has 1 fully saturated rings. The summed E-state index contributed by atoms with van der Waals surface area (Å²) in [5.41, 5.74) is 0. The monoisotopic (exact) mass is 932 g/mol. The largest absolute Gasteiger partial charge is 0.472 e. The van der Waals surface area contributed by atoms with Crippen LogP contribution in [0.1, 0.15) is 213 Å². The van der Waals surface area contributed by atoms with Crippen molar-refractivity contribution < 1.29 is 59.0 Å². The predicted octanol–water partition coefficient (Wildman–Crippen LogP) is 9.31. The summed E-state index contributed by atoms with van der Waals surface area (Å²) < 4.78 is 22.9. The zero-order valence-electron chi connectivity index (χ0n) is 39.9. The van der Waals surface area contributed by atoms with Gasteiger partial charge in [0.1, 0.15) is 36.6 Å². The fourth-order valence-electron chi connectivity index (χ4n) is 8.04. The molecule has 1 aliphatic carbocycles. The van der Waals surface area contributed by atoms with Crippen molar-refractivity contribution in [1.82, 2.24) is 5.32 Å². The third-order valence-corrected chi connectivity index (χ3v) is 13.2. The van der Waals surface area contributed by atoms with Crippen LogP contribution in [0.4, 0.5) is 0 Å². The summed E-state index contributed by atoms with van der Waals surface area (Å²) in [5, 5.41) is 74.6. The van der Waals surface area contributed by atoms with E-state index < -0.39 is 75.2 Å². The summed E-state index contributed by atoms with van der Waals surface area (Å²) in [6, 6.07) is -1.26. The van der Waals surface area contributed by atoms with E-state index in [1.165, 1.54) is 134 Å². The number of nitrogens with one attached hydrogen (secondary N) is 1. The Balaban J connectivity index is 2.51. The molecule has 0 aromatic rings. The van der Waals surface area contributed by atoms with Gasteiger partial charge in [0.15, 0.2) is 0 Å². The van der Waals surface area contributed by atoms with Crippen molar-refractivity contribution in [2.75, 3.05) is 6.61 Å². The SMILES string of the molecule is CCCCCCCC/C=C/CC/C=C/CC/C=C/C(O)C(COP(=O)(O)OC1C(O)C(O)C(O)C(O)C1O)NC(=O)CC(O)CCCCCCCCCCCCCCCCCCCC. The van der Waals surface area contributed by atoms with Gasteiger partial charge >= 0.3 is 7.82 Å². The van der Waals surface area contributed by atoms with Gasteiger partial charge in [-0.3, -0.25) is 13.8 Å². The summed E-state index contributed by atoms with van der Waals surface area (Å²) in [5.74, 6) is -0.605. The number of aliphatic hydroxyl groups excluding tert-OH is 7. The Labute approximate surface area is 387 Å². The third kappa shape index (κ3) is 30.7. The van der Waals surface area contributed by atoms with E-state index in [9.17, 15) is 50.0 Å². The van der Waals surface area contributed by atoms with Gasteiger partial charge in [0, 0.05) is 0 Å². The molecule has 0 saturated heterocycles. The Bertz CT molecular complexity index is 1240. The highest BCUT2D eigenvalue weighted by atomic mass is 31.2. The zero-order valence-corrected chi connectivity index (χ0v) is 40.8. The summed E-state index contributed by atoms with van der Waals surface area (Å²) in [6.07, 6.45) is 32.3. The number of hydrogen-bond acceptors (Lipinski definition) is 11. The van der Waals surface area contributed by atoms with E-state index in [0.29, 0.717) is 19.3 Å². The van der Waals surface area contributed by atoms with Gasteiger partial charge in [-0.2, -0.15) is 0 Å². The van der Waals surface area contributed by atoms with Crippen molar-refractivity contribution in [1.29, 1.82) is 0 Å². The first-order valence-electron chi connectivity index (χ1n) is 25.5. The number of rotatable bonds is 42. The van der Waals surface area contributed by atoms with E-state index in [-0.39, 0.29) is 6.42 Å². The van der Waals surface area contributed by atoms with Gasteiger partial charge in [-0.05, 0) is 44.9 Å². The van der Waals surface area contributed by atoms with Gasteiger partial charge in [0.2, 0.25) is 5.91 Å². The number of carbonyl (C=O) groups is 1. The number of allylic oxidation sites excluding steroid dienone is 5. The summed E-state index contributed by atoms with van der Waals surface area (Å²) in [7, 11) is -5.15. The minimum atomic E-state index is -5.15. The summed E-state index contributed by atoms with van der Waals surface area (Å²) in [6.45, 7) is 3.73. The van der Waals surface area contributed by atoms with Crippen LogP contribution in [0.2, 0.25) is 0 Å². The maximum absolute atomic E-state index is 13.0. The number of hydrogen-bond donors (Lipinski definition) is 9. The second-order valence-corrected chi connectivity index (χ2v) is 19.6. The average Bonchev–Trinajstić information content (AvgIpc) is 3.27. The van der Waals surface area contributed by atoms with Crippen LogP contribution in [0.3, 0.4) is 0 Å². The topological polar surface area (TPSA) is 226 Å². The molecule has 1 rings (SSSR count). The molecule has 376 valence electrons. The molecule has 0 bridgehead atoms. The van der Waals surface area contributed by atoms with Gasteiger partial charge in [-0.15, -0.1) is 0 Å². The molecule has 1 amide bonds. The molecular formula is C50H94NO12P. The van der Waals surface area contributed by atoms with Crippen molar-refractivity contribution in [2.45, 2.75) is 268 Å². The highest BCUT2D eigenvalue weighted by molar-refractivity contribution is 7.47. The Kier molecular flexibility index (Phi) is 37.4. The molecule has 1 aliphatic rings. The summed E-state index contributed by atoms with van der Waals surface area (Å²) in [4.78, 5) is 23.5. The van der Waals surface area contributed by atoms with Crippen LogP contribution in [0.5, 0.6) is 0 Å². The van der Waals surface area contributed by atoms with Gasteiger partial charge in [-0.1, -0.05) is 198 Å². The Morgan fingerprint density at radius 1 is 0.547 bits per heavy atom. The molecule has 8 atom stereocenters. The molecule has 0 radical (unpaired) electrons. The van der Waals surface area contributed by atoms with E-state index in [1.807, 2.05) is 0 Å². The highest BCUT2D eigenvalue weighted by Gasteiger charge is 2.51. The molecule has 9 N–H and O–H groups in total. The van der Waals surface area contributed by atoms with Crippen molar-refractivity contribution in [3.63, 3.8) is 0 Å². The quantitative estimate of drug-likeness (QED) is 0.0159. The van der Waals surface area contributed by atoms with E-state index >= 15 is 0 Å². The van der Waals surface area contributed by atoms with Crippen molar-refractivity contribution in [3.05, 3.63) is 36.5 Å². The number of amides is 1. The Hall–Kier alpha value is -1.48. The van der Waals surface area contributed by atoms with Crippen LogP contribution < -0.4 is 5.32 Å². The van der Waals surface area contributed by atoms with Crippen molar-refractivity contribution in [2.24, 2.45) is 0 Å². The number of carbonyl (C=O) groups excluding carboxylic acids is 1. The maximum Gasteiger partial charge on any atom is 0.472 e. The first-order valence-corrected chi connectivity index (χ1v) is 27.0. The minimum absolute atomic E-state index is 0.253. The van der Waals surface area contributed by atoms with Gasteiger partial charge in [-0.25, -0.2) is 4.57 Å². The molecule has 8 unspecified atom stereocenters. The molecule has 0 aromatic heterocycles. The average molecular weight is 932 g/mol. The molecule has 0 aromatic carbocycles. The van der Waals surface area contributed by atoms with Gasteiger partial charge in [0.05, 0.1) is 31.3 Å². The van der Waals surface area contributed by atoms with Crippen molar-refractivity contribution >= 4 is 13.7 Å². The first kappa shape index (κ1) is 60.5. The van der Waals surface area contributed by atoms with Gasteiger partial charge < -0.3 is 46.0 Å². The highest BCUT2D eigenvalue weighted by Crippen LogP contribution is 2.47. The Morgan fingerprint density at radius 3 is 1.38 bits per heavy atom. The molecule has 0 spiro atoms. The van der Waals surface area contributed by atoms with Gasteiger partial charge in [0.25, 0.3) is 0 Å². The van der Waals surface area contributed by atoms with Crippen LogP contribution >= 0.6 is 7.82 Å². The normalized spacial score (nSPS) is 23.0. The lowest BCUT2D eigenvalue weighted by Crippen LogP contribution is -2.64. The van der Waals surface area contributed by atoms with Crippen LogP contribution in [0, 0.1) is 0 Å². The number of phosphoric ester groups is 1. The second-order valence-electron chi connectivity index (χ2n) is 18.2. The number of unbranched alkanes of at least 4 members (excludes halogenated alkanes) is 25.